The van der Waals surface area contributed by atoms with E-state index in [2.05, 4.69) is 5.32 Å². The molecule has 100 valence electrons. The molecule has 3 unspecified atom stereocenters. The lowest BCUT2D eigenvalue weighted by molar-refractivity contribution is -0.156. The molecule has 5 heteroatoms. The molecule has 1 N–H and O–H groups in total. The van der Waals surface area contributed by atoms with Gasteiger partial charge in [-0.15, -0.1) is 0 Å². The molecule has 0 bridgehead atoms. The standard InChI is InChI=1S/C12H23NO4/c1-4-13-11-8-16-7-10(11)12(14)17-9(3)6-15-5-2/h9-11,13H,4-8H2,1-3H3. The summed E-state index contributed by atoms with van der Waals surface area (Å²) < 4.78 is 15.8. The maximum atomic E-state index is 11.9. The average molecular weight is 245 g/mol. The molecule has 1 rings (SSSR count). The van der Waals surface area contributed by atoms with Gasteiger partial charge in [0.05, 0.1) is 25.7 Å². The van der Waals surface area contributed by atoms with E-state index in [9.17, 15) is 4.79 Å². The zero-order chi connectivity index (χ0) is 12.7. The number of ether oxygens (including phenoxy) is 3. The summed E-state index contributed by atoms with van der Waals surface area (Å²) in [6, 6.07) is 0.0757. The van der Waals surface area contributed by atoms with Gasteiger partial charge in [0.2, 0.25) is 0 Å². The minimum Gasteiger partial charge on any atom is -0.460 e. The van der Waals surface area contributed by atoms with Crippen LogP contribution in [-0.2, 0) is 19.0 Å². The number of esters is 1. The minimum atomic E-state index is -0.203. The van der Waals surface area contributed by atoms with E-state index in [-0.39, 0.29) is 24.0 Å². The Hall–Kier alpha value is -0.650. The second-order valence-corrected chi connectivity index (χ2v) is 4.22. The van der Waals surface area contributed by atoms with Crippen LogP contribution in [0.15, 0.2) is 0 Å². The molecule has 0 aromatic rings. The fourth-order valence-electron chi connectivity index (χ4n) is 1.85. The van der Waals surface area contributed by atoms with E-state index in [4.69, 9.17) is 14.2 Å². The molecule has 1 heterocycles. The van der Waals surface area contributed by atoms with Crippen molar-refractivity contribution in [1.82, 2.24) is 5.32 Å². The molecule has 17 heavy (non-hydrogen) atoms. The van der Waals surface area contributed by atoms with E-state index in [1.54, 1.807) is 0 Å². The number of hydrogen-bond donors (Lipinski definition) is 1. The lowest BCUT2D eigenvalue weighted by Gasteiger charge is -2.20. The third-order valence-corrected chi connectivity index (χ3v) is 2.72. The number of nitrogens with one attached hydrogen (secondary N) is 1. The lowest BCUT2D eigenvalue weighted by Crippen LogP contribution is -2.41. The SMILES string of the molecule is CCNC1COCC1C(=O)OC(C)COCC. The van der Waals surface area contributed by atoms with Gasteiger partial charge in [0, 0.05) is 12.6 Å². The molecule has 0 saturated carbocycles. The molecule has 0 aliphatic carbocycles. The van der Waals surface area contributed by atoms with Gasteiger partial charge in [-0.1, -0.05) is 6.92 Å². The van der Waals surface area contributed by atoms with Crippen molar-refractivity contribution in [2.75, 3.05) is 33.0 Å². The predicted octanol–water partition coefficient (Wildman–Crippen LogP) is 0.579. The summed E-state index contributed by atoms with van der Waals surface area (Å²) in [7, 11) is 0. The van der Waals surface area contributed by atoms with Gasteiger partial charge in [-0.05, 0) is 20.4 Å². The monoisotopic (exact) mass is 245 g/mol. The summed E-state index contributed by atoms with van der Waals surface area (Å²) >= 11 is 0. The van der Waals surface area contributed by atoms with E-state index in [1.165, 1.54) is 0 Å². The van der Waals surface area contributed by atoms with Gasteiger partial charge in [-0.2, -0.15) is 0 Å². The molecule has 5 nitrogen and oxygen atoms in total. The first kappa shape index (κ1) is 14.4. The normalized spacial score (nSPS) is 25.8. The van der Waals surface area contributed by atoms with Crippen molar-refractivity contribution in [3.05, 3.63) is 0 Å². The molecule has 0 amide bonds. The molecule has 0 spiro atoms. The van der Waals surface area contributed by atoms with Gasteiger partial charge < -0.3 is 19.5 Å². The van der Waals surface area contributed by atoms with E-state index in [1.807, 2.05) is 20.8 Å². The van der Waals surface area contributed by atoms with Gasteiger partial charge in [0.25, 0.3) is 0 Å². The molecular formula is C12H23NO4. The Balaban J connectivity index is 2.35. The number of rotatable bonds is 7. The molecule has 0 aromatic heterocycles. The molecule has 0 aromatic carbocycles. The van der Waals surface area contributed by atoms with Gasteiger partial charge in [-0.3, -0.25) is 4.79 Å². The minimum absolute atomic E-state index is 0.0757. The summed E-state index contributed by atoms with van der Waals surface area (Å²) in [5.41, 5.74) is 0. The first-order chi connectivity index (χ1) is 8.19. The Morgan fingerprint density at radius 2 is 2.24 bits per heavy atom. The fraction of sp³-hybridized carbons (Fsp3) is 0.917. The maximum Gasteiger partial charge on any atom is 0.313 e. The zero-order valence-corrected chi connectivity index (χ0v) is 10.9. The van der Waals surface area contributed by atoms with Crippen LogP contribution in [0.3, 0.4) is 0 Å². The summed E-state index contributed by atoms with van der Waals surface area (Å²) in [6.45, 7) is 8.69. The third-order valence-electron chi connectivity index (χ3n) is 2.72. The topological polar surface area (TPSA) is 56.8 Å². The van der Waals surface area contributed by atoms with Crippen molar-refractivity contribution < 1.29 is 19.0 Å². The van der Waals surface area contributed by atoms with Crippen LogP contribution < -0.4 is 5.32 Å². The second-order valence-electron chi connectivity index (χ2n) is 4.22. The summed E-state index contributed by atoms with van der Waals surface area (Å²) in [5, 5.41) is 3.23. The van der Waals surface area contributed by atoms with E-state index in [0.29, 0.717) is 26.4 Å². The van der Waals surface area contributed by atoms with Crippen LogP contribution in [0.4, 0.5) is 0 Å². The summed E-state index contributed by atoms with van der Waals surface area (Å²) in [4.78, 5) is 11.9. The highest BCUT2D eigenvalue weighted by molar-refractivity contribution is 5.74. The largest absolute Gasteiger partial charge is 0.460 e. The van der Waals surface area contributed by atoms with Crippen molar-refractivity contribution in [2.24, 2.45) is 5.92 Å². The van der Waals surface area contributed by atoms with Crippen molar-refractivity contribution in [1.29, 1.82) is 0 Å². The van der Waals surface area contributed by atoms with Crippen LogP contribution in [0, 0.1) is 5.92 Å². The first-order valence-electron chi connectivity index (χ1n) is 6.28. The highest BCUT2D eigenvalue weighted by Crippen LogP contribution is 2.16. The summed E-state index contributed by atoms with van der Waals surface area (Å²) in [6.07, 6.45) is -0.203. The van der Waals surface area contributed by atoms with Gasteiger partial charge in [0.1, 0.15) is 6.10 Å². The number of likely N-dealkylation sites (N-methyl/N-ethyl adjacent to an activating group) is 1. The molecule has 3 atom stereocenters. The maximum absolute atomic E-state index is 11.9. The van der Waals surface area contributed by atoms with E-state index in [0.717, 1.165) is 6.54 Å². The molecule has 1 fully saturated rings. The average Bonchev–Trinajstić information content (AvgIpc) is 2.75. The van der Waals surface area contributed by atoms with Gasteiger partial charge in [-0.25, -0.2) is 0 Å². The van der Waals surface area contributed by atoms with Crippen LogP contribution in [-0.4, -0.2) is 51.1 Å². The van der Waals surface area contributed by atoms with Crippen molar-refractivity contribution in [3.63, 3.8) is 0 Å². The first-order valence-corrected chi connectivity index (χ1v) is 6.28. The third kappa shape index (κ3) is 4.61. The number of hydrogen-bond acceptors (Lipinski definition) is 5. The van der Waals surface area contributed by atoms with Gasteiger partial charge >= 0.3 is 5.97 Å². The zero-order valence-electron chi connectivity index (χ0n) is 10.9. The van der Waals surface area contributed by atoms with Crippen LogP contribution in [0.25, 0.3) is 0 Å². The Morgan fingerprint density at radius 3 is 2.88 bits per heavy atom. The highest BCUT2D eigenvalue weighted by Gasteiger charge is 2.35. The van der Waals surface area contributed by atoms with Crippen LogP contribution in [0.2, 0.25) is 0 Å². The molecule has 1 saturated heterocycles. The van der Waals surface area contributed by atoms with E-state index >= 15 is 0 Å². The number of carbonyl (C=O) groups excluding carboxylic acids is 1. The quantitative estimate of drug-likeness (QED) is 0.665. The fourth-order valence-corrected chi connectivity index (χ4v) is 1.85. The lowest BCUT2D eigenvalue weighted by atomic mass is 10.0. The Kier molecular flexibility index (Phi) is 6.47. The molecular weight excluding hydrogens is 222 g/mol. The smallest absolute Gasteiger partial charge is 0.313 e. The molecule has 0 radical (unpaired) electrons. The van der Waals surface area contributed by atoms with Crippen LogP contribution >= 0.6 is 0 Å². The predicted molar refractivity (Wildman–Crippen MR) is 63.8 cm³/mol. The van der Waals surface area contributed by atoms with E-state index < -0.39 is 0 Å². The van der Waals surface area contributed by atoms with Crippen molar-refractivity contribution in [3.8, 4) is 0 Å². The van der Waals surface area contributed by atoms with Crippen LogP contribution in [0.5, 0.6) is 0 Å². The molecule has 1 aliphatic heterocycles. The van der Waals surface area contributed by atoms with Crippen molar-refractivity contribution >= 4 is 5.97 Å². The van der Waals surface area contributed by atoms with Crippen molar-refractivity contribution in [2.45, 2.75) is 32.9 Å². The number of carbonyl (C=O) groups is 1. The van der Waals surface area contributed by atoms with Crippen LogP contribution in [0.1, 0.15) is 20.8 Å². The Morgan fingerprint density at radius 1 is 1.47 bits per heavy atom. The Bertz CT molecular complexity index is 235. The van der Waals surface area contributed by atoms with Gasteiger partial charge in [0.15, 0.2) is 0 Å². The summed E-state index contributed by atoms with van der Waals surface area (Å²) in [5.74, 6) is -0.389. The molecule has 1 aliphatic rings. The second kappa shape index (κ2) is 7.63. The Labute approximate surface area is 103 Å². The highest BCUT2D eigenvalue weighted by atomic mass is 16.6.